The number of thiophene rings is 1. The highest BCUT2D eigenvalue weighted by Gasteiger charge is 2.26. The van der Waals surface area contributed by atoms with Crippen molar-refractivity contribution in [1.29, 1.82) is 0 Å². The van der Waals surface area contributed by atoms with E-state index >= 15 is 0 Å². The molecule has 1 aliphatic heterocycles. The average molecular weight is 416 g/mol. The number of aromatic nitrogens is 2. The van der Waals surface area contributed by atoms with Crippen LogP contribution in [0.25, 0.3) is 10.2 Å². The van der Waals surface area contributed by atoms with Crippen LogP contribution in [0.5, 0.6) is 11.5 Å². The van der Waals surface area contributed by atoms with Crippen molar-refractivity contribution < 1.29 is 14.3 Å². The predicted molar refractivity (Wildman–Crippen MR) is 111 cm³/mol. The van der Waals surface area contributed by atoms with Crippen LogP contribution in [0.3, 0.4) is 0 Å². The van der Waals surface area contributed by atoms with E-state index in [2.05, 4.69) is 23.8 Å². The van der Waals surface area contributed by atoms with E-state index in [-0.39, 0.29) is 5.91 Å². The van der Waals surface area contributed by atoms with E-state index in [1.165, 1.54) is 22.2 Å². The van der Waals surface area contributed by atoms with Crippen molar-refractivity contribution in [2.75, 3.05) is 20.0 Å². The van der Waals surface area contributed by atoms with Crippen LogP contribution in [0.1, 0.15) is 21.6 Å². The van der Waals surface area contributed by atoms with Gasteiger partial charge in [-0.25, -0.2) is 9.97 Å². The molecule has 1 amide bonds. The van der Waals surface area contributed by atoms with Gasteiger partial charge in [0.15, 0.2) is 11.5 Å². The Labute approximate surface area is 171 Å². The summed E-state index contributed by atoms with van der Waals surface area (Å²) in [5.41, 5.74) is 3.40. The van der Waals surface area contributed by atoms with Crippen molar-refractivity contribution in [2.24, 2.45) is 0 Å². The lowest BCUT2D eigenvalue weighted by Crippen LogP contribution is -2.27. The summed E-state index contributed by atoms with van der Waals surface area (Å²) in [5, 5.41) is 1.95. The average Bonchev–Trinajstić information content (AvgIpc) is 3.25. The summed E-state index contributed by atoms with van der Waals surface area (Å²) in [4.78, 5) is 25.7. The van der Waals surface area contributed by atoms with E-state index in [4.69, 9.17) is 9.47 Å². The Morgan fingerprint density at radius 3 is 2.39 bits per heavy atom. The molecule has 0 spiro atoms. The van der Waals surface area contributed by atoms with Gasteiger partial charge in [0.2, 0.25) is 5.91 Å². The van der Waals surface area contributed by atoms with Crippen LogP contribution in [0.2, 0.25) is 0 Å². The first-order valence-corrected chi connectivity index (χ1v) is 10.7. The molecule has 4 rings (SSSR count). The van der Waals surface area contributed by atoms with Gasteiger partial charge >= 0.3 is 0 Å². The van der Waals surface area contributed by atoms with Gasteiger partial charge < -0.3 is 14.4 Å². The molecule has 0 atom stereocenters. The summed E-state index contributed by atoms with van der Waals surface area (Å²) in [7, 11) is 3.24. The second kappa shape index (κ2) is 7.60. The number of aryl methyl sites for hydroxylation is 2. The molecule has 0 N–H and O–H groups in total. The Morgan fingerprint density at radius 2 is 1.79 bits per heavy atom. The van der Waals surface area contributed by atoms with Gasteiger partial charge in [-0.05, 0) is 42.7 Å². The Bertz CT molecular complexity index is 1030. The number of hydrogen-bond acceptors (Lipinski definition) is 7. The molecule has 0 unspecified atom stereocenters. The van der Waals surface area contributed by atoms with Crippen LogP contribution in [-0.2, 0) is 17.9 Å². The lowest BCUT2D eigenvalue weighted by Gasteiger charge is -2.15. The lowest BCUT2D eigenvalue weighted by molar-refractivity contribution is -0.128. The van der Waals surface area contributed by atoms with Crippen LogP contribution in [0, 0.1) is 13.8 Å². The Hall–Kier alpha value is -2.32. The third-order valence-electron chi connectivity index (χ3n) is 5.04. The number of nitrogens with zero attached hydrogens (tertiary/aromatic N) is 3. The maximum Gasteiger partial charge on any atom is 0.233 e. The number of methoxy groups -OCH3 is 2. The molecule has 6 nitrogen and oxygen atoms in total. The van der Waals surface area contributed by atoms with Gasteiger partial charge in [0.1, 0.15) is 16.2 Å². The molecular formula is C20H21N3O3S2. The van der Waals surface area contributed by atoms with E-state index in [9.17, 15) is 4.79 Å². The molecule has 1 aromatic carbocycles. The van der Waals surface area contributed by atoms with Gasteiger partial charge in [0.05, 0.1) is 20.0 Å². The molecule has 0 bridgehead atoms. The van der Waals surface area contributed by atoms with Crippen molar-refractivity contribution in [3.8, 4) is 11.5 Å². The number of benzene rings is 1. The number of amides is 1. The third kappa shape index (κ3) is 3.31. The third-order valence-corrected chi connectivity index (χ3v) is 7.13. The molecule has 0 saturated carbocycles. The Kier molecular flexibility index (Phi) is 5.16. The highest BCUT2D eigenvalue weighted by Crippen LogP contribution is 2.37. The molecule has 28 heavy (non-hydrogen) atoms. The molecule has 146 valence electrons. The van der Waals surface area contributed by atoms with Crippen molar-refractivity contribution in [2.45, 2.75) is 32.0 Å². The number of fused-ring (bicyclic) bond motifs is 2. The minimum absolute atomic E-state index is 0.0931. The van der Waals surface area contributed by atoms with E-state index in [1.54, 1.807) is 31.9 Å². The molecule has 2 aromatic heterocycles. The monoisotopic (exact) mass is 415 g/mol. The summed E-state index contributed by atoms with van der Waals surface area (Å²) in [6.45, 7) is 5.35. The minimum atomic E-state index is 0.0931. The molecule has 0 radical (unpaired) electrons. The molecule has 0 aliphatic carbocycles. The summed E-state index contributed by atoms with van der Waals surface area (Å²) >= 11 is 3.15. The number of carbonyl (C=O) groups excluding carboxylic acids is 1. The second-order valence-electron chi connectivity index (χ2n) is 6.66. The fraction of sp³-hybridized carbons (Fsp3) is 0.350. The quantitative estimate of drug-likeness (QED) is 0.464. The molecule has 3 heterocycles. The largest absolute Gasteiger partial charge is 0.493 e. The van der Waals surface area contributed by atoms with Crippen LogP contribution in [0.15, 0.2) is 23.5 Å². The van der Waals surface area contributed by atoms with E-state index in [1.807, 2.05) is 17.0 Å². The van der Waals surface area contributed by atoms with Crippen LogP contribution in [0.4, 0.5) is 0 Å². The summed E-state index contributed by atoms with van der Waals surface area (Å²) in [6.07, 6.45) is 1.58. The van der Waals surface area contributed by atoms with E-state index in [0.29, 0.717) is 30.3 Å². The van der Waals surface area contributed by atoms with Crippen molar-refractivity contribution in [1.82, 2.24) is 14.9 Å². The van der Waals surface area contributed by atoms with E-state index in [0.717, 1.165) is 26.4 Å². The zero-order chi connectivity index (χ0) is 19.8. The summed E-state index contributed by atoms with van der Waals surface area (Å²) in [6, 6.07) is 3.92. The van der Waals surface area contributed by atoms with Gasteiger partial charge in [-0.1, -0.05) is 11.8 Å². The zero-order valence-electron chi connectivity index (χ0n) is 16.2. The summed E-state index contributed by atoms with van der Waals surface area (Å²) < 4.78 is 10.7. The van der Waals surface area contributed by atoms with Crippen LogP contribution >= 0.6 is 23.1 Å². The molecule has 3 aromatic rings. The molecular weight excluding hydrogens is 394 g/mol. The minimum Gasteiger partial charge on any atom is -0.493 e. The Morgan fingerprint density at radius 1 is 1.14 bits per heavy atom. The lowest BCUT2D eigenvalue weighted by atomic mass is 10.1. The van der Waals surface area contributed by atoms with Crippen molar-refractivity contribution >= 4 is 39.2 Å². The highest BCUT2D eigenvalue weighted by atomic mass is 32.2. The fourth-order valence-corrected chi connectivity index (χ4v) is 5.40. The number of thioether (sulfide) groups is 1. The van der Waals surface area contributed by atoms with Crippen LogP contribution in [-0.4, -0.2) is 40.7 Å². The second-order valence-corrected chi connectivity index (χ2v) is 8.82. The first-order valence-electron chi connectivity index (χ1n) is 8.86. The number of rotatable bonds is 5. The summed E-state index contributed by atoms with van der Waals surface area (Å²) in [5.74, 6) is 1.83. The molecule has 0 saturated heterocycles. The van der Waals surface area contributed by atoms with Gasteiger partial charge in [0.25, 0.3) is 0 Å². The maximum absolute atomic E-state index is 12.8. The van der Waals surface area contributed by atoms with Gasteiger partial charge in [-0.15, -0.1) is 11.3 Å². The topological polar surface area (TPSA) is 64.6 Å². The van der Waals surface area contributed by atoms with E-state index < -0.39 is 0 Å². The number of ether oxygens (including phenoxy) is 2. The molecule has 0 fully saturated rings. The first-order chi connectivity index (χ1) is 13.5. The fourth-order valence-electron chi connectivity index (χ4n) is 3.38. The normalized spacial score (nSPS) is 13.1. The first kappa shape index (κ1) is 19.0. The SMILES string of the molecule is COc1cc2c(cc1OC)CN(C(=O)CSc1ncnc3sc(C)c(C)c13)C2. The smallest absolute Gasteiger partial charge is 0.233 e. The van der Waals surface area contributed by atoms with Gasteiger partial charge in [-0.2, -0.15) is 0 Å². The molecule has 8 heteroatoms. The predicted octanol–water partition coefficient (Wildman–Crippen LogP) is 3.96. The number of carbonyl (C=O) groups is 1. The highest BCUT2D eigenvalue weighted by molar-refractivity contribution is 8.00. The van der Waals surface area contributed by atoms with Gasteiger partial charge in [0, 0.05) is 23.4 Å². The van der Waals surface area contributed by atoms with Crippen LogP contribution < -0.4 is 9.47 Å². The van der Waals surface area contributed by atoms with Crippen molar-refractivity contribution in [3.05, 3.63) is 40.0 Å². The van der Waals surface area contributed by atoms with Gasteiger partial charge in [-0.3, -0.25) is 4.79 Å². The van der Waals surface area contributed by atoms with Crippen molar-refractivity contribution in [3.63, 3.8) is 0 Å². The standard InChI is InChI=1S/C20H21N3O3S2/c1-11-12(2)28-20-18(11)19(21-10-22-20)27-9-17(24)23-7-13-5-15(25-3)16(26-4)6-14(13)8-23/h5-6,10H,7-9H2,1-4H3. The Balaban J connectivity index is 1.48. The number of hydrogen-bond donors (Lipinski definition) is 0. The zero-order valence-corrected chi connectivity index (χ0v) is 17.9. The molecule has 1 aliphatic rings. The maximum atomic E-state index is 12.8.